The number of ether oxygens (including phenoxy) is 1. The number of nitrogens with one attached hydrogen (secondary N) is 1. The van der Waals surface area contributed by atoms with Crippen molar-refractivity contribution in [1.82, 2.24) is 5.32 Å². The third-order valence-corrected chi connectivity index (χ3v) is 7.93. The van der Waals surface area contributed by atoms with Gasteiger partial charge in [0.1, 0.15) is 25.9 Å². The molecule has 3 N–H and O–H groups in total. The maximum absolute atomic E-state index is 12.3. The molecule has 11 heteroatoms. The van der Waals surface area contributed by atoms with Crippen LogP contribution in [-0.2, 0) is 34.4 Å². The van der Waals surface area contributed by atoms with Crippen molar-refractivity contribution in [2.75, 3.05) is 54.1 Å². The van der Waals surface area contributed by atoms with Gasteiger partial charge in [-0.15, -0.1) is 0 Å². The maximum atomic E-state index is 12.3. The van der Waals surface area contributed by atoms with Crippen LogP contribution in [0.2, 0.25) is 0 Å². The van der Waals surface area contributed by atoms with E-state index in [0.717, 1.165) is 68.7 Å². The first-order chi connectivity index (χ1) is 20.4. The van der Waals surface area contributed by atoms with Crippen molar-refractivity contribution in [3.63, 3.8) is 0 Å². The molecule has 2 aromatic carbocycles. The highest BCUT2D eigenvalue weighted by Gasteiger charge is 2.24. The van der Waals surface area contributed by atoms with Gasteiger partial charge in [-0.1, -0.05) is 87.4 Å². The smallest absolute Gasteiger partial charge is 0.463 e. The summed E-state index contributed by atoms with van der Waals surface area (Å²) >= 11 is 0. The number of esters is 1. The Bertz CT molecular complexity index is 1150. The maximum Gasteiger partial charge on any atom is 0.472 e. The number of carbonyl (C=O) groups excluding carboxylic acids is 2. The van der Waals surface area contributed by atoms with Gasteiger partial charge in [-0.25, -0.2) is 4.57 Å². The van der Waals surface area contributed by atoms with Gasteiger partial charge in [0.25, 0.3) is 0 Å². The van der Waals surface area contributed by atoms with E-state index >= 15 is 0 Å². The first kappa shape index (κ1) is 36.9. The molecule has 0 fully saturated rings. The normalized spacial score (nSPS) is 13.9. The Morgan fingerprint density at radius 1 is 0.860 bits per heavy atom. The van der Waals surface area contributed by atoms with Gasteiger partial charge in [0.2, 0.25) is 5.91 Å². The number of fused-ring (bicyclic) bond motifs is 1. The molecule has 0 saturated carbocycles. The van der Waals surface area contributed by atoms with E-state index in [-0.39, 0.29) is 25.5 Å². The van der Waals surface area contributed by atoms with Crippen LogP contribution in [0.3, 0.4) is 0 Å². The summed E-state index contributed by atoms with van der Waals surface area (Å²) in [5.41, 5.74) is 1.03. The van der Waals surface area contributed by atoms with Crippen LogP contribution < -0.4 is 5.32 Å². The van der Waals surface area contributed by atoms with Gasteiger partial charge < -0.3 is 24.5 Å². The second-order valence-electron chi connectivity index (χ2n) is 12.1. The van der Waals surface area contributed by atoms with E-state index in [2.05, 4.69) is 29.6 Å². The third-order valence-electron chi connectivity index (χ3n) is 6.94. The molecular formula is C32H52N2O8P+. The van der Waals surface area contributed by atoms with E-state index in [1.807, 2.05) is 39.3 Å². The fraction of sp³-hybridized carbons (Fsp3) is 0.625. The van der Waals surface area contributed by atoms with Crippen LogP contribution in [0.15, 0.2) is 42.5 Å². The minimum Gasteiger partial charge on any atom is -0.463 e. The zero-order valence-corrected chi connectivity index (χ0v) is 27.1. The summed E-state index contributed by atoms with van der Waals surface area (Å²) in [5, 5.41) is 15.2. The van der Waals surface area contributed by atoms with Crippen LogP contribution in [0.1, 0.15) is 69.8 Å². The molecule has 242 valence electrons. The Kier molecular flexibility index (Phi) is 17.0. The first-order valence-corrected chi connectivity index (χ1v) is 16.9. The van der Waals surface area contributed by atoms with Gasteiger partial charge >= 0.3 is 13.8 Å². The topological polar surface area (TPSA) is 131 Å². The number of nitrogens with zero attached hydrogens (tertiary/aromatic N) is 1. The predicted molar refractivity (Wildman–Crippen MR) is 168 cm³/mol. The molecule has 1 unspecified atom stereocenters. The standard InChI is InChI=1S/C32H51N2O8P/c1-34(2,3)21-22-41-43(38,39)42-26-30(35)25-40-32(37)17-11-9-7-5-4-6-8-10-14-20-33-31(36)24-27-18-19-28-15-12-13-16-29(28)23-27/h12-13,15-16,18-19,23,30,35H,4-11,14,17,20-22,24-26H2,1-3H3,(H-,33,36,38,39)/p+1/t30-/m0/s1. The molecule has 1 amide bonds. The molecule has 10 nitrogen and oxygen atoms in total. The average molecular weight is 624 g/mol. The molecule has 0 aromatic heterocycles. The van der Waals surface area contributed by atoms with Crippen molar-refractivity contribution in [1.29, 1.82) is 0 Å². The Morgan fingerprint density at radius 3 is 2.16 bits per heavy atom. The molecule has 0 saturated heterocycles. The summed E-state index contributed by atoms with van der Waals surface area (Å²) in [6, 6.07) is 14.3. The van der Waals surface area contributed by atoms with Crippen molar-refractivity contribution < 1.29 is 42.4 Å². The molecule has 0 heterocycles. The van der Waals surface area contributed by atoms with Crippen LogP contribution in [0.25, 0.3) is 10.8 Å². The van der Waals surface area contributed by atoms with Gasteiger partial charge in [0.05, 0.1) is 34.2 Å². The minimum absolute atomic E-state index is 0.0392. The average Bonchev–Trinajstić information content (AvgIpc) is 2.94. The number of aliphatic hydroxyl groups is 1. The number of quaternary nitrogens is 1. The molecule has 43 heavy (non-hydrogen) atoms. The number of aliphatic hydroxyl groups excluding tert-OH is 1. The molecule has 0 bridgehead atoms. The Hall–Kier alpha value is -2.33. The molecule has 2 atom stereocenters. The van der Waals surface area contributed by atoms with Gasteiger partial charge in [0, 0.05) is 13.0 Å². The van der Waals surface area contributed by atoms with E-state index in [1.54, 1.807) is 0 Å². The summed E-state index contributed by atoms with van der Waals surface area (Å²) in [6.07, 6.45) is 8.82. The largest absolute Gasteiger partial charge is 0.472 e. The fourth-order valence-corrected chi connectivity index (χ4v) is 5.16. The number of phosphoric ester groups is 1. The lowest BCUT2D eigenvalue weighted by atomic mass is 10.0. The number of amides is 1. The van der Waals surface area contributed by atoms with Gasteiger partial charge in [0.15, 0.2) is 0 Å². The van der Waals surface area contributed by atoms with Crippen molar-refractivity contribution >= 4 is 30.5 Å². The van der Waals surface area contributed by atoms with Crippen LogP contribution in [0.4, 0.5) is 0 Å². The number of carbonyl (C=O) groups is 2. The lowest BCUT2D eigenvalue weighted by molar-refractivity contribution is -0.870. The quantitative estimate of drug-likeness (QED) is 0.0671. The molecule has 0 spiro atoms. The molecule has 2 rings (SSSR count). The number of hydrogen-bond donors (Lipinski definition) is 3. The van der Waals surface area contributed by atoms with Gasteiger partial charge in [-0.2, -0.15) is 0 Å². The Morgan fingerprint density at radius 2 is 1.49 bits per heavy atom. The second kappa shape index (κ2) is 19.8. The zero-order chi connectivity index (χ0) is 31.6. The van der Waals surface area contributed by atoms with E-state index in [9.17, 15) is 24.2 Å². The highest BCUT2D eigenvalue weighted by atomic mass is 31.2. The fourth-order valence-electron chi connectivity index (χ4n) is 4.41. The van der Waals surface area contributed by atoms with Crippen LogP contribution >= 0.6 is 7.82 Å². The number of likely N-dealkylation sites (N-methyl/N-ethyl adjacent to an activating group) is 1. The van der Waals surface area contributed by atoms with Crippen molar-refractivity contribution in [3.8, 4) is 0 Å². The van der Waals surface area contributed by atoms with Crippen molar-refractivity contribution in [3.05, 3.63) is 48.0 Å². The minimum atomic E-state index is -4.27. The van der Waals surface area contributed by atoms with Crippen LogP contribution in [0, 0.1) is 0 Å². The Balaban J connectivity index is 1.37. The summed E-state index contributed by atoms with van der Waals surface area (Å²) in [6.45, 7) is 0.501. The van der Waals surface area contributed by atoms with Crippen LogP contribution in [0.5, 0.6) is 0 Å². The number of phosphoric acid groups is 1. The van der Waals surface area contributed by atoms with E-state index < -0.39 is 26.5 Å². The molecule has 0 aliphatic heterocycles. The number of rotatable bonds is 23. The molecule has 2 aromatic rings. The molecular weight excluding hydrogens is 571 g/mol. The highest BCUT2D eigenvalue weighted by Crippen LogP contribution is 2.43. The lowest BCUT2D eigenvalue weighted by Gasteiger charge is -2.24. The van der Waals surface area contributed by atoms with Crippen LogP contribution in [-0.4, -0.2) is 86.5 Å². The summed E-state index contributed by atoms with van der Waals surface area (Å²) in [5.74, 6) is -0.343. The Labute approximate surface area is 256 Å². The third kappa shape index (κ3) is 18.2. The number of benzene rings is 2. The molecule has 0 aliphatic carbocycles. The molecule has 0 aliphatic rings. The predicted octanol–water partition coefficient (Wildman–Crippen LogP) is 5.14. The summed E-state index contributed by atoms with van der Waals surface area (Å²) < 4.78 is 27.1. The van der Waals surface area contributed by atoms with Gasteiger partial charge in [-0.3, -0.25) is 18.6 Å². The molecule has 0 radical (unpaired) electrons. The number of hydrogen-bond acceptors (Lipinski definition) is 7. The SMILES string of the molecule is C[N+](C)(C)CCOP(=O)(O)OC[C@@H](O)COC(=O)CCCCCCCCCCCNC(=O)Cc1ccc2ccccc2c1. The van der Waals surface area contributed by atoms with E-state index in [4.69, 9.17) is 13.8 Å². The van der Waals surface area contributed by atoms with Crippen molar-refractivity contribution in [2.24, 2.45) is 0 Å². The van der Waals surface area contributed by atoms with E-state index in [1.165, 1.54) is 5.39 Å². The summed E-state index contributed by atoms with van der Waals surface area (Å²) in [4.78, 5) is 33.8. The number of unbranched alkanes of at least 4 members (excludes halogenated alkanes) is 8. The summed E-state index contributed by atoms with van der Waals surface area (Å²) in [7, 11) is 1.51. The highest BCUT2D eigenvalue weighted by molar-refractivity contribution is 7.47. The van der Waals surface area contributed by atoms with Gasteiger partial charge in [-0.05, 0) is 29.2 Å². The zero-order valence-electron chi connectivity index (χ0n) is 26.2. The first-order valence-electron chi connectivity index (χ1n) is 15.4. The second-order valence-corrected chi connectivity index (χ2v) is 13.5. The monoisotopic (exact) mass is 623 g/mol. The van der Waals surface area contributed by atoms with Crippen molar-refractivity contribution in [2.45, 2.75) is 76.7 Å². The lowest BCUT2D eigenvalue weighted by Crippen LogP contribution is -2.37. The van der Waals surface area contributed by atoms with E-state index in [0.29, 0.717) is 24.0 Å².